The number of amides is 1. The van der Waals surface area contributed by atoms with Gasteiger partial charge in [-0.15, -0.1) is 0 Å². The van der Waals surface area contributed by atoms with Gasteiger partial charge in [0.2, 0.25) is 0 Å². The Kier molecular flexibility index (Phi) is 4.52. The Morgan fingerprint density at radius 2 is 1.58 bits per heavy atom. The average molecular weight is 325 g/mol. The van der Waals surface area contributed by atoms with Crippen molar-refractivity contribution in [2.24, 2.45) is 0 Å². The van der Waals surface area contributed by atoms with Crippen LogP contribution in [0.15, 0.2) is 72.8 Å². The van der Waals surface area contributed by atoms with Crippen molar-refractivity contribution in [3.63, 3.8) is 0 Å². The van der Waals surface area contributed by atoms with Crippen LogP contribution in [0.4, 0.5) is 14.5 Å². The molecule has 1 N–H and O–H groups in total. The van der Waals surface area contributed by atoms with Crippen LogP contribution in [-0.2, 0) is 0 Å². The Morgan fingerprint density at radius 3 is 2.33 bits per heavy atom. The molecule has 0 unspecified atom stereocenters. The normalized spacial score (nSPS) is 10.2. The molecule has 0 aliphatic rings. The number of anilines is 1. The maximum atomic E-state index is 13.6. The third-order valence-corrected chi connectivity index (χ3v) is 3.25. The van der Waals surface area contributed by atoms with Crippen molar-refractivity contribution in [2.45, 2.75) is 0 Å². The second-order valence-electron chi connectivity index (χ2n) is 5.02. The monoisotopic (exact) mass is 325 g/mol. The van der Waals surface area contributed by atoms with E-state index >= 15 is 0 Å². The molecule has 0 saturated heterocycles. The fraction of sp³-hybridized carbons (Fsp3) is 0. The quantitative estimate of drug-likeness (QED) is 0.732. The van der Waals surface area contributed by atoms with Gasteiger partial charge in [-0.25, -0.2) is 8.78 Å². The van der Waals surface area contributed by atoms with E-state index in [4.69, 9.17) is 4.74 Å². The van der Waals surface area contributed by atoms with Crippen molar-refractivity contribution in [3.05, 3.63) is 90.0 Å². The molecule has 120 valence electrons. The molecule has 3 aromatic carbocycles. The summed E-state index contributed by atoms with van der Waals surface area (Å²) < 4.78 is 32.2. The molecule has 0 bridgehead atoms. The number of benzene rings is 3. The van der Waals surface area contributed by atoms with Gasteiger partial charge >= 0.3 is 0 Å². The van der Waals surface area contributed by atoms with Gasteiger partial charge in [0.05, 0.1) is 5.56 Å². The lowest BCUT2D eigenvalue weighted by atomic mass is 10.2. The van der Waals surface area contributed by atoms with E-state index in [0.717, 1.165) is 12.1 Å². The lowest BCUT2D eigenvalue weighted by Crippen LogP contribution is -2.13. The number of rotatable bonds is 4. The van der Waals surface area contributed by atoms with E-state index in [9.17, 15) is 13.6 Å². The first-order valence-corrected chi connectivity index (χ1v) is 7.21. The van der Waals surface area contributed by atoms with Crippen LogP contribution in [0, 0.1) is 11.6 Å². The molecule has 0 aromatic heterocycles. The minimum absolute atomic E-state index is 0.231. The molecule has 24 heavy (non-hydrogen) atoms. The molecule has 5 heteroatoms. The first-order valence-electron chi connectivity index (χ1n) is 7.21. The highest BCUT2D eigenvalue weighted by molar-refractivity contribution is 6.04. The van der Waals surface area contributed by atoms with E-state index in [-0.39, 0.29) is 5.56 Å². The van der Waals surface area contributed by atoms with Crippen molar-refractivity contribution < 1.29 is 18.3 Å². The highest BCUT2D eigenvalue weighted by Gasteiger charge is 2.13. The van der Waals surface area contributed by atoms with Crippen LogP contribution in [0.3, 0.4) is 0 Å². The zero-order chi connectivity index (χ0) is 16.9. The third kappa shape index (κ3) is 3.76. The van der Waals surface area contributed by atoms with Gasteiger partial charge in [0.15, 0.2) is 0 Å². The Morgan fingerprint density at radius 1 is 0.833 bits per heavy atom. The number of para-hydroxylation sites is 1. The van der Waals surface area contributed by atoms with Gasteiger partial charge in [0.1, 0.15) is 23.1 Å². The van der Waals surface area contributed by atoms with Gasteiger partial charge in [0, 0.05) is 17.8 Å². The second kappa shape index (κ2) is 6.91. The zero-order valence-electron chi connectivity index (χ0n) is 12.5. The van der Waals surface area contributed by atoms with Crippen LogP contribution in [-0.4, -0.2) is 5.91 Å². The van der Waals surface area contributed by atoms with Crippen molar-refractivity contribution in [1.29, 1.82) is 0 Å². The molecule has 3 aromatic rings. The standard InChI is InChI=1S/C19H13F2NO2/c20-13-9-10-17(18(21)11-13)19(23)22-14-5-4-8-16(12-14)24-15-6-2-1-3-7-15/h1-12H,(H,22,23). The van der Waals surface area contributed by atoms with Crippen LogP contribution in [0.2, 0.25) is 0 Å². The fourth-order valence-electron chi connectivity index (χ4n) is 2.13. The summed E-state index contributed by atoms with van der Waals surface area (Å²) >= 11 is 0. The topological polar surface area (TPSA) is 38.3 Å². The van der Waals surface area contributed by atoms with Crippen LogP contribution in [0.25, 0.3) is 0 Å². The molecular weight excluding hydrogens is 312 g/mol. The van der Waals surface area contributed by atoms with Gasteiger partial charge < -0.3 is 10.1 Å². The molecule has 0 atom stereocenters. The number of carbonyl (C=O) groups excluding carboxylic acids is 1. The summed E-state index contributed by atoms with van der Waals surface area (Å²) in [6, 6.07) is 18.7. The Labute approximate surface area is 137 Å². The van der Waals surface area contributed by atoms with Gasteiger partial charge in [-0.05, 0) is 36.4 Å². The van der Waals surface area contributed by atoms with Crippen LogP contribution >= 0.6 is 0 Å². The van der Waals surface area contributed by atoms with E-state index in [1.165, 1.54) is 0 Å². The van der Waals surface area contributed by atoms with Crippen LogP contribution in [0.5, 0.6) is 11.5 Å². The van der Waals surface area contributed by atoms with Crippen LogP contribution in [0.1, 0.15) is 10.4 Å². The number of carbonyl (C=O) groups is 1. The van der Waals surface area contributed by atoms with Crippen molar-refractivity contribution in [1.82, 2.24) is 0 Å². The van der Waals surface area contributed by atoms with Crippen molar-refractivity contribution >= 4 is 11.6 Å². The van der Waals surface area contributed by atoms with E-state index in [2.05, 4.69) is 5.32 Å². The largest absolute Gasteiger partial charge is 0.457 e. The number of nitrogens with one attached hydrogen (secondary N) is 1. The maximum Gasteiger partial charge on any atom is 0.258 e. The summed E-state index contributed by atoms with van der Waals surface area (Å²) in [6.07, 6.45) is 0. The number of hydrogen-bond acceptors (Lipinski definition) is 2. The summed E-state index contributed by atoms with van der Waals surface area (Å²) in [4.78, 5) is 12.1. The molecule has 0 heterocycles. The van der Waals surface area contributed by atoms with Crippen molar-refractivity contribution in [2.75, 3.05) is 5.32 Å². The molecule has 0 aliphatic carbocycles. The molecule has 1 amide bonds. The fourth-order valence-corrected chi connectivity index (χ4v) is 2.13. The highest BCUT2D eigenvalue weighted by atomic mass is 19.1. The molecule has 0 spiro atoms. The molecule has 0 saturated carbocycles. The molecular formula is C19H13F2NO2. The first kappa shape index (κ1) is 15.7. The smallest absolute Gasteiger partial charge is 0.258 e. The Balaban J connectivity index is 1.75. The summed E-state index contributed by atoms with van der Waals surface area (Å²) in [5.74, 6) is -1.13. The highest BCUT2D eigenvalue weighted by Crippen LogP contribution is 2.24. The molecule has 0 aliphatic heterocycles. The number of ether oxygens (including phenoxy) is 1. The lowest BCUT2D eigenvalue weighted by molar-refractivity contribution is 0.102. The summed E-state index contributed by atoms with van der Waals surface area (Å²) in [5, 5.41) is 2.56. The molecule has 3 rings (SSSR count). The lowest BCUT2D eigenvalue weighted by Gasteiger charge is -2.09. The number of hydrogen-bond donors (Lipinski definition) is 1. The zero-order valence-corrected chi connectivity index (χ0v) is 12.5. The summed E-state index contributed by atoms with van der Waals surface area (Å²) in [6.45, 7) is 0. The SMILES string of the molecule is O=C(Nc1cccc(Oc2ccccc2)c1)c1ccc(F)cc1F. The van der Waals surface area contributed by atoms with E-state index < -0.39 is 17.5 Å². The van der Waals surface area contributed by atoms with E-state index in [1.54, 1.807) is 36.4 Å². The minimum atomic E-state index is -0.913. The van der Waals surface area contributed by atoms with E-state index in [1.807, 2.05) is 18.2 Å². The van der Waals surface area contributed by atoms with Gasteiger partial charge in [0.25, 0.3) is 5.91 Å². The Bertz CT molecular complexity index is 866. The summed E-state index contributed by atoms with van der Waals surface area (Å²) in [7, 11) is 0. The summed E-state index contributed by atoms with van der Waals surface area (Å²) in [5.41, 5.74) is 0.211. The molecule has 0 radical (unpaired) electrons. The Hall–Kier alpha value is -3.21. The van der Waals surface area contributed by atoms with Crippen LogP contribution < -0.4 is 10.1 Å². The second-order valence-corrected chi connectivity index (χ2v) is 5.02. The van der Waals surface area contributed by atoms with Gasteiger partial charge in [-0.3, -0.25) is 4.79 Å². The van der Waals surface area contributed by atoms with Crippen molar-refractivity contribution in [3.8, 4) is 11.5 Å². The minimum Gasteiger partial charge on any atom is -0.457 e. The predicted molar refractivity (Wildman–Crippen MR) is 87.3 cm³/mol. The maximum absolute atomic E-state index is 13.6. The molecule has 0 fully saturated rings. The predicted octanol–water partition coefficient (Wildman–Crippen LogP) is 5.01. The van der Waals surface area contributed by atoms with Gasteiger partial charge in [-0.2, -0.15) is 0 Å². The molecule has 3 nitrogen and oxygen atoms in total. The van der Waals surface area contributed by atoms with Gasteiger partial charge in [-0.1, -0.05) is 24.3 Å². The third-order valence-electron chi connectivity index (χ3n) is 3.25. The van der Waals surface area contributed by atoms with E-state index in [0.29, 0.717) is 23.3 Å². The number of halogens is 2. The average Bonchev–Trinajstić information content (AvgIpc) is 2.56. The first-order chi connectivity index (χ1) is 11.6.